The molecule has 1 aromatic carbocycles. The Balaban J connectivity index is 3.01. The molecule has 0 aliphatic heterocycles. The van der Waals surface area contributed by atoms with Crippen LogP contribution in [0.3, 0.4) is 0 Å². The van der Waals surface area contributed by atoms with Gasteiger partial charge in [-0.05, 0) is 31.6 Å². The number of carboxylic acids is 1. The first-order valence-corrected chi connectivity index (χ1v) is 5.61. The third kappa shape index (κ3) is 3.19. The maximum absolute atomic E-state index is 11.1. The summed E-state index contributed by atoms with van der Waals surface area (Å²) in [6, 6.07) is 4.44. The van der Waals surface area contributed by atoms with E-state index in [-0.39, 0.29) is 16.8 Å². The van der Waals surface area contributed by atoms with E-state index in [4.69, 9.17) is 10.8 Å². The number of benzene rings is 1. The van der Waals surface area contributed by atoms with Crippen molar-refractivity contribution in [1.82, 2.24) is 5.32 Å². The average Bonchev–Trinajstić information content (AvgIpc) is 2.34. The van der Waals surface area contributed by atoms with Crippen molar-refractivity contribution in [3.8, 4) is 0 Å². The number of nitrogens with two attached hydrogens (primary N) is 1. The van der Waals surface area contributed by atoms with Crippen LogP contribution in [0.1, 0.15) is 28.4 Å². The van der Waals surface area contributed by atoms with Crippen LogP contribution in [0.25, 0.3) is 0 Å². The zero-order valence-corrected chi connectivity index (χ0v) is 10.1. The predicted molar refractivity (Wildman–Crippen MR) is 67.3 cm³/mol. The Kier molecular flexibility index (Phi) is 5.08. The molecule has 0 heterocycles. The topological polar surface area (TPSA) is 116 Å². The van der Waals surface area contributed by atoms with Crippen LogP contribution in [0.15, 0.2) is 18.2 Å². The van der Waals surface area contributed by atoms with Gasteiger partial charge in [-0.3, -0.25) is 0 Å². The number of anilines is 1. The average molecular weight is 254 g/mol. The Labute approximate surface area is 105 Å². The molecule has 1 aromatic rings. The highest BCUT2D eigenvalue weighted by molar-refractivity contribution is 5.95. The van der Waals surface area contributed by atoms with Crippen molar-refractivity contribution in [3.05, 3.63) is 29.3 Å². The molecule has 0 saturated heterocycles. The van der Waals surface area contributed by atoms with Gasteiger partial charge in [0, 0.05) is 5.69 Å². The number of aromatic carboxylic acids is 1. The van der Waals surface area contributed by atoms with Crippen molar-refractivity contribution in [1.29, 1.82) is 0 Å². The Morgan fingerprint density at radius 2 is 2.11 bits per heavy atom. The molecule has 0 amide bonds. The minimum Gasteiger partial charge on any atom is -0.478 e. The zero-order chi connectivity index (χ0) is 13.7. The number of carbonyl (C=O) groups is 1. The van der Waals surface area contributed by atoms with E-state index in [1.54, 1.807) is 13.1 Å². The quantitative estimate of drug-likeness (QED) is 0.455. The van der Waals surface area contributed by atoms with E-state index >= 15 is 0 Å². The van der Waals surface area contributed by atoms with Gasteiger partial charge in [0.1, 0.15) is 6.10 Å². The first kappa shape index (κ1) is 14.4. The van der Waals surface area contributed by atoms with Crippen LogP contribution in [-0.4, -0.2) is 41.0 Å². The molecule has 2 unspecified atom stereocenters. The van der Waals surface area contributed by atoms with E-state index in [0.29, 0.717) is 13.0 Å². The first-order chi connectivity index (χ1) is 8.49. The van der Waals surface area contributed by atoms with Crippen molar-refractivity contribution in [2.75, 3.05) is 19.3 Å². The molecule has 100 valence electrons. The number of aliphatic hydroxyl groups is 2. The van der Waals surface area contributed by atoms with Crippen LogP contribution in [-0.2, 0) is 0 Å². The van der Waals surface area contributed by atoms with E-state index in [1.165, 1.54) is 12.1 Å². The van der Waals surface area contributed by atoms with Crippen molar-refractivity contribution in [3.63, 3.8) is 0 Å². The van der Waals surface area contributed by atoms with Crippen molar-refractivity contribution in [2.24, 2.45) is 0 Å². The molecule has 6 nitrogen and oxygen atoms in total. The molecule has 0 spiro atoms. The normalized spacial score (nSPS) is 14.2. The molecule has 0 bridgehead atoms. The van der Waals surface area contributed by atoms with Crippen molar-refractivity contribution < 1.29 is 20.1 Å². The fourth-order valence-electron chi connectivity index (χ4n) is 1.74. The molecule has 0 aromatic heterocycles. The molecule has 0 saturated carbocycles. The highest BCUT2D eigenvalue weighted by atomic mass is 16.4. The highest BCUT2D eigenvalue weighted by Gasteiger charge is 2.24. The Bertz CT molecular complexity index is 423. The molecular weight excluding hydrogens is 236 g/mol. The van der Waals surface area contributed by atoms with Crippen LogP contribution < -0.4 is 11.1 Å². The molecule has 6 N–H and O–H groups in total. The number of aliphatic hydroxyl groups excluding tert-OH is 2. The van der Waals surface area contributed by atoms with Gasteiger partial charge in [0.05, 0.1) is 11.7 Å². The molecule has 6 heteroatoms. The van der Waals surface area contributed by atoms with Gasteiger partial charge in [-0.1, -0.05) is 12.1 Å². The summed E-state index contributed by atoms with van der Waals surface area (Å²) in [4.78, 5) is 11.1. The monoisotopic (exact) mass is 254 g/mol. The van der Waals surface area contributed by atoms with Crippen LogP contribution in [0.2, 0.25) is 0 Å². The SMILES string of the molecule is CNCCC(O)C(O)c1cccc(N)c1C(=O)O. The molecule has 0 aliphatic rings. The summed E-state index contributed by atoms with van der Waals surface area (Å²) in [7, 11) is 1.72. The third-order valence-corrected chi connectivity index (χ3v) is 2.72. The second-order valence-corrected chi connectivity index (χ2v) is 4.02. The number of hydrogen-bond donors (Lipinski definition) is 5. The van der Waals surface area contributed by atoms with Gasteiger partial charge in [-0.2, -0.15) is 0 Å². The van der Waals surface area contributed by atoms with Gasteiger partial charge in [-0.15, -0.1) is 0 Å². The summed E-state index contributed by atoms with van der Waals surface area (Å²) in [6.45, 7) is 0.517. The fourth-order valence-corrected chi connectivity index (χ4v) is 1.74. The van der Waals surface area contributed by atoms with Crippen molar-refractivity contribution >= 4 is 11.7 Å². The number of rotatable bonds is 6. The Hall–Kier alpha value is -1.63. The lowest BCUT2D eigenvalue weighted by Crippen LogP contribution is -2.25. The zero-order valence-electron chi connectivity index (χ0n) is 10.1. The highest BCUT2D eigenvalue weighted by Crippen LogP contribution is 2.26. The van der Waals surface area contributed by atoms with Gasteiger partial charge >= 0.3 is 5.97 Å². The summed E-state index contributed by atoms with van der Waals surface area (Å²) < 4.78 is 0. The van der Waals surface area contributed by atoms with Crippen molar-refractivity contribution in [2.45, 2.75) is 18.6 Å². The summed E-state index contributed by atoms with van der Waals surface area (Å²) >= 11 is 0. The smallest absolute Gasteiger partial charge is 0.338 e. The lowest BCUT2D eigenvalue weighted by molar-refractivity contribution is 0.0132. The summed E-state index contributed by atoms with van der Waals surface area (Å²) in [5, 5.41) is 31.7. The van der Waals surface area contributed by atoms with Gasteiger partial charge < -0.3 is 26.4 Å². The molecule has 2 atom stereocenters. The molecule has 0 radical (unpaired) electrons. The third-order valence-electron chi connectivity index (χ3n) is 2.72. The maximum atomic E-state index is 11.1. The van der Waals surface area contributed by atoms with E-state index in [1.807, 2.05) is 0 Å². The minimum atomic E-state index is -1.27. The van der Waals surface area contributed by atoms with Crippen LogP contribution >= 0.6 is 0 Å². The molecule has 0 aliphatic carbocycles. The molecule has 1 rings (SSSR count). The fraction of sp³-hybridized carbons (Fsp3) is 0.417. The summed E-state index contributed by atoms with van der Waals surface area (Å²) in [6.07, 6.45) is -2.00. The number of carboxylic acid groups (broad SMARTS) is 1. The molecule has 18 heavy (non-hydrogen) atoms. The largest absolute Gasteiger partial charge is 0.478 e. The predicted octanol–water partition coefficient (Wildman–Crippen LogP) is -0.0292. The second-order valence-electron chi connectivity index (χ2n) is 4.02. The Morgan fingerprint density at radius 3 is 2.67 bits per heavy atom. The van der Waals surface area contributed by atoms with Gasteiger partial charge in [0.15, 0.2) is 0 Å². The summed E-state index contributed by atoms with van der Waals surface area (Å²) in [5.74, 6) is -1.22. The standard InChI is InChI=1S/C12H18N2O4/c1-14-6-5-9(15)11(16)7-3-2-4-8(13)10(7)12(17)18/h2-4,9,11,14-16H,5-6,13H2,1H3,(H,17,18). The number of nitrogens with one attached hydrogen (secondary N) is 1. The van der Waals surface area contributed by atoms with E-state index < -0.39 is 18.2 Å². The van der Waals surface area contributed by atoms with Crippen LogP contribution in [0.5, 0.6) is 0 Å². The Morgan fingerprint density at radius 1 is 1.44 bits per heavy atom. The molecule has 0 fully saturated rings. The number of nitrogen functional groups attached to an aromatic ring is 1. The van der Waals surface area contributed by atoms with Crippen LogP contribution in [0, 0.1) is 0 Å². The maximum Gasteiger partial charge on any atom is 0.338 e. The molecular formula is C12H18N2O4. The van der Waals surface area contributed by atoms with E-state index in [2.05, 4.69) is 5.32 Å². The van der Waals surface area contributed by atoms with Gasteiger partial charge in [-0.25, -0.2) is 4.79 Å². The minimum absolute atomic E-state index is 0.0693. The van der Waals surface area contributed by atoms with Gasteiger partial charge in [0.2, 0.25) is 0 Å². The summed E-state index contributed by atoms with van der Waals surface area (Å²) in [5.41, 5.74) is 5.62. The second kappa shape index (κ2) is 6.34. The number of hydrogen-bond acceptors (Lipinski definition) is 5. The van der Waals surface area contributed by atoms with Gasteiger partial charge in [0.25, 0.3) is 0 Å². The van der Waals surface area contributed by atoms with E-state index in [9.17, 15) is 15.0 Å². The lowest BCUT2D eigenvalue weighted by Gasteiger charge is -2.20. The van der Waals surface area contributed by atoms with E-state index in [0.717, 1.165) is 0 Å². The lowest BCUT2D eigenvalue weighted by atomic mass is 9.96. The van der Waals surface area contributed by atoms with Crippen LogP contribution in [0.4, 0.5) is 5.69 Å². The first-order valence-electron chi connectivity index (χ1n) is 5.61.